The largest absolute Gasteiger partial charge is 0.323 e. The van der Waals surface area contributed by atoms with Gasteiger partial charge >= 0.3 is 6.03 Å². The molecule has 1 aromatic carbocycles. The van der Waals surface area contributed by atoms with Gasteiger partial charge in [-0.2, -0.15) is 0 Å². The highest BCUT2D eigenvalue weighted by Crippen LogP contribution is 2.39. The summed E-state index contributed by atoms with van der Waals surface area (Å²) in [6, 6.07) is 9.79. The number of nitrogens with one attached hydrogen (secondary N) is 2. The Kier molecular flexibility index (Phi) is 2.58. The lowest BCUT2D eigenvalue weighted by Crippen LogP contribution is -2.50. The number of hydrogen-bond donors (Lipinski definition) is 2. The van der Waals surface area contributed by atoms with E-state index in [4.69, 9.17) is 0 Å². The predicted molar refractivity (Wildman–Crippen MR) is 66.9 cm³/mol. The van der Waals surface area contributed by atoms with E-state index in [0.717, 1.165) is 25.7 Å². The highest BCUT2D eigenvalue weighted by molar-refractivity contribution is 6.07. The first-order valence-electron chi connectivity index (χ1n) is 6.38. The summed E-state index contributed by atoms with van der Waals surface area (Å²) < 4.78 is 0. The maximum absolute atomic E-state index is 12.0. The molecule has 1 saturated carbocycles. The molecule has 1 aromatic rings. The SMILES string of the molecule is O=C1NC(=O)[C@@]2(CCC[C@H]2Cc2ccccc2)N1. The molecule has 3 rings (SSSR count). The molecular formula is C14H16N2O2. The minimum Gasteiger partial charge on any atom is -0.323 e. The zero-order valence-corrected chi connectivity index (χ0v) is 10.1. The van der Waals surface area contributed by atoms with E-state index < -0.39 is 5.54 Å². The summed E-state index contributed by atoms with van der Waals surface area (Å²) in [6.45, 7) is 0. The fourth-order valence-electron chi connectivity index (χ4n) is 3.22. The van der Waals surface area contributed by atoms with Gasteiger partial charge in [0.1, 0.15) is 5.54 Å². The number of benzene rings is 1. The second-order valence-electron chi connectivity index (χ2n) is 5.16. The van der Waals surface area contributed by atoms with Crippen LogP contribution in [-0.2, 0) is 11.2 Å². The summed E-state index contributed by atoms with van der Waals surface area (Å²) in [5.74, 6) is 0.0530. The van der Waals surface area contributed by atoms with Crippen LogP contribution in [-0.4, -0.2) is 17.5 Å². The van der Waals surface area contributed by atoms with Gasteiger partial charge in [0.05, 0.1) is 0 Å². The second-order valence-corrected chi connectivity index (χ2v) is 5.16. The fourth-order valence-corrected chi connectivity index (χ4v) is 3.22. The van der Waals surface area contributed by atoms with Crippen LogP contribution in [0.5, 0.6) is 0 Å². The molecule has 0 radical (unpaired) electrons. The average molecular weight is 244 g/mol. The van der Waals surface area contributed by atoms with Crippen molar-refractivity contribution in [3.63, 3.8) is 0 Å². The van der Waals surface area contributed by atoms with Crippen molar-refractivity contribution >= 4 is 11.9 Å². The number of carbonyl (C=O) groups is 2. The van der Waals surface area contributed by atoms with E-state index in [1.54, 1.807) is 0 Å². The Morgan fingerprint density at radius 3 is 2.67 bits per heavy atom. The van der Waals surface area contributed by atoms with E-state index >= 15 is 0 Å². The van der Waals surface area contributed by atoms with Crippen LogP contribution in [0, 0.1) is 5.92 Å². The molecule has 0 aromatic heterocycles. The molecule has 1 aliphatic carbocycles. The van der Waals surface area contributed by atoms with Crippen molar-refractivity contribution in [3.05, 3.63) is 35.9 Å². The van der Waals surface area contributed by atoms with Crippen LogP contribution in [0.3, 0.4) is 0 Å². The minimum atomic E-state index is -0.660. The van der Waals surface area contributed by atoms with Gasteiger partial charge in [-0.3, -0.25) is 10.1 Å². The van der Waals surface area contributed by atoms with Crippen LogP contribution in [0.4, 0.5) is 4.79 Å². The van der Waals surface area contributed by atoms with Gasteiger partial charge < -0.3 is 5.32 Å². The summed E-state index contributed by atoms with van der Waals surface area (Å²) in [6.07, 6.45) is 3.57. The van der Waals surface area contributed by atoms with E-state index in [1.807, 2.05) is 18.2 Å². The molecule has 18 heavy (non-hydrogen) atoms. The van der Waals surface area contributed by atoms with Crippen molar-refractivity contribution in [1.82, 2.24) is 10.6 Å². The first kappa shape index (κ1) is 11.3. The smallest absolute Gasteiger partial charge is 0.322 e. The Morgan fingerprint density at radius 2 is 2.00 bits per heavy atom. The Morgan fingerprint density at radius 1 is 1.22 bits per heavy atom. The Bertz CT molecular complexity index is 486. The molecule has 1 spiro atoms. The second kappa shape index (κ2) is 4.12. The van der Waals surface area contributed by atoms with Gasteiger partial charge in [0.2, 0.25) is 0 Å². The third-order valence-corrected chi connectivity index (χ3v) is 4.11. The molecule has 94 valence electrons. The molecule has 2 atom stereocenters. The van der Waals surface area contributed by atoms with E-state index in [0.29, 0.717) is 0 Å². The molecule has 2 aliphatic rings. The molecule has 1 aliphatic heterocycles. The number of urea groups is 1. The molecule has 3 amide bonds. The monoisotopic (exact) mass is 244 g/mol. The van der Waals surface area contributed by atoms with Crippen LogP contribution in [0.2, 0.25) is 0 Å². The van der Waals surface area contributed by atoms with Crippen LogP contribution < -0.4 is 10.6 Å². The van der Waals surface area contributed by atoms with Gasteiger partial charge in [0.25, 0.3) is 5.91 Å². The molecule has 4 nitrogen and oxygen atoms in total. The van der Waals surface area contributed by atoms with Crippen LogP contribution in [0.1, 0.15) is 24.8 Å². The molecule has 4 heteroatoms. The standard InChI is InChI=1S/C14H16N2O2/c17-12-14(16-13(18)15-12)8-4-7-11(14)9-10-5-2-1-3-6-10/h1-3,5-6,11H,4,7-9H2,(H2,15,16,17,18)/t11-,14-/m0/s1. The highest BCUT2D eigenvalue weighted by Gasteiger charge is 2.53. The van der Waals surface area contributed by atoms with Crippen LogP contribution in [0.15, 0.2) is 30.3 Å². The Balaban J connectivity index is 1.84. The summed E-state index contributed by atoms with van der Waals surface area (Å²) in [4.78, 5) is 23.4. The molecule has 0 bridgehead atoms. The zero-order valence-electron chi connectivity index (χ0n) is 10.1. The van der Waals surface area contributed by atoms with Crippen molar-refractivity contribution < 1.29 is 9.59 Å². The Hall–Kier alpha value is -1.84. The number of imide groups is 1. The number of amides is 3. The number of hydrogen-bond acceptors (Lipinski definition) is 2. The molecule has 2 fully saturated rings. The molecular weight excluding hydrogens is 228 g/mol. The molecule has 2 N–H and O–H groups in total. The molecule has 1 heterocycles. The van der Waals surface area contributed by atoms with Crippen LogP contribution in [0.25, 0.3) is 0 Å². The highest BCUT2D eigenvalue weighted by atomic mass is 16.2. The van der Waals surface area contributed by atoms with Crippen molar-refractivity contribution in [2.24, 2.45) is 5.92 Å². The van der Waals surface area contributed by atoms with E-state index in [9.17, 15) is 9.59 Å². The normalized spacial score (nSPS) is 30.6. The van der Waals surface area contributed by atoms with Gasteiger partial charge in [0, 0.05) is 0 Å². The Labute approximate surface area is 106 Å². The molecule has 1 saturated heterocycles. The van der Waals surface area contributed by atoms with Gasteiger partial charge in [-0.05, 0) is 30.7 Å². The number of rotatable bonds is 2. The van der Waals surface area contributed by atoms with Gasteiger partial charge in [-0.1, -0.05) is 36.8 Å². The maximum atomic E-state index is 12.0. The van der Waals surface area contributed by atoms with Gasteiger partial charge in [-0.25, -0.2) is 4.79 Å². The first-order chi connectivity index (χ1) is 8.71. The predicted octanol–water partition coefficient (Wildman–Crippen LogP) is 1.61. The van der Waals surface area contributed by atoms with Gasteiger partial charge in [-0.15, -0.1) is 0 Å². The topological polar surface area (TPSA) is 58.2 Å². The average Bonchev–Trinajstić information content (AvgIpc) is 2.87. The van der Waals surface area contributed by atoms with E-state index in [2.05, 4.69) is 22.8 Å². The van der Waals surface area contributed by atoms with Gasteiger partial charge in [0.15, 0.2) is 0 Å². The fraction of sp³-hybridized carbons (Fsp3) is 0.429. The van der Waals surface area contributed by atoms with Crippen LogP contribution >= 0.6 is 0 Å². The maximum Gasteiger partial charge on any atom is 0.322 e. The summed E-state index contributed by atoms with van der Waals surface area (Å²) in [5.41, 5.74) is 0.560. The van der Waals surface area contributed by atoms with Crippen molar-refractivity contribution in [2.45, 2.75) is 31.2 Å². The quantitative estimate of drug-likeness (QED) is 0.776. The summed E-state index contributed by atoms with van der Waals surface area (Å²) in [7, 11) is 0. The van der Waals surface area contributed by atoms with Crippen molar-refractivity contribution in [2.75, 3.05) is 0 Å². The summed E-state index contributed by atoms with van der Waals surface area (Å²) in [5, 5.41) is 5.23. The first-order valence-corrected chi connectivity index (χ1v) is 6.38. The lowest BCUT2D eigenvalue weighted by Gasteiger charge is -2.28. The van der Waals surface area contributed by atoms with Crippen molar-refractivity contribution in [1.29, 1.82) is 0 Å². The number of carbonyl (C=O) groups excluding carboxylic acids is 2. The summed E-state index contributed by atoms with van der Waals surface area (Å²) >= 11 is 0. The lowest BCUT2D eigenvalue weighted by molar-refractivity contribution is -0.125. The zero-order chi connectivity index (χ0) is 12.6. The van der Waals surface area contributed by atoms with Crippen molar-refractivity contribution in [3.8, 4) is 0 Å². The third-order valence-electron chi connectivity index (χ3n) is 4.11. The third kappa shape index (κ3) is 1.68. The minimum absolute atomic E-state index is 0.147. The molecule has 0 unspecified atom stereocenters. The van der Waals surface area contributed by atoms with E-state index in [-0.39, 0.29) is 17.9 Å². The van der Waals surface area contributed by atoms with E-state index in [1.165, 1.54) is 5.56 Å². The lowest BCUT2D eigenvalue weighted by atomic mass is 9.83.